The van der Waals surface area contributed by atoms with Gasteiger partial charge in [0.25, 0.3) is 0 Å². The van der Waals surface area contributed by atoms with E-state index in [1.807, 2.05) is 12.3 Å². The van der Waals surface area contributed by atoms with Crippen molar-refractivity contribution in [2.45, 2.75) is 26.1 Å². The van der Waals surface area contributed by atoms with Crippen molar-refractivity contribution in [1.82, 2.24) is 10.3 Å². The molecule has 0 aliphatic heterocycles. The van der Waals surface area contributed by atoms with Gasteiger partial charge in [-0.15, -0.1) is 0 Å². The lowest BCUT2D eigenvalue weighted by Crippen LogP contribution is -2.18. The van der Waals surface area contributed by atoms with Crippen LogP contribution in [0.2, 0.25) is 0 Å². The molecule has 0 bridgehead atoms. The number of pyridine rings is 1. The summed E-state index contributed by atoms with van der Waals surface area (Å²) in [6.07, 6.45) is 3.70. The van der Waals surface area contributed by atoms with E-state index in [2.05, 4.69) is 47.6 Å². The third kappa shape index (κ3) is 4.16. The van der Waals surface area contributed by atoms with Gasteiger partial charge in [0.05, 0.1) is 6.61 Å². The van der Waals surface area contributed by atoms with Crippen LogP contribution in [0.15, 0.2) is 48.8 Å². The Bertz CT molecular complexity index is 499. The molecule has 0 spiro atoms. The van der Waals surface area contributed by atoms with Gasteiger partial charge in [0, 0.05) is 32.1 Å². The average molecular weight is 256 g/mol. The van der Waals surface area contributed by atoms with Gasteiger partial charge in [0.2, 0.25) is 0 Å². The number of hydrogen-bond donors (Lipinski definition) is 1. The first kappa shape index (κ1) is 13.7. The third-order valence-electron chi connectivity index (χ3n) is 3.10. The van der Waals surface area contributed by atoms with Crippen molar-refractivity contribution >= 4 is 0 Å². The fraction of sp³-hybridized carbons (Fsp3) is 0.312. The Morgan fingerprint density at radius 2 is 2.05 bits per heavy atom. The van der Waals surface area contributed by atoms with E-state index in [1.54, 1.807) is 13.3 Å². The van der Waals surface area contributed by atoms with E-state index < -0.39 is 0 Å². The maximum atomic E-state index is 5.15. The van der Waals surface area contributed by atoms with Crippen LogP contribution in [0, 0.1) is 0 Å². The van der Waals surface area contributed by atoms with E-state index in [0.717, 1.165) is 6.54 Å². The predicted octanol–water partition coefficient (Wildman–Crippen LogP) is 3.08. The van der Waals surface area contributed by atoms with Gasteiger partial charge in [-0.05, 0) is 29.7 Å². The van der Waals surface area contributed by atoms with Crippen LogP contribution in [0.3, 0.4) is 0 Å². The van der Waals surface area contributed by atoms with Crippen molar-refractivity contribution in [2.24, 2.45) is 0 Å². The number of benzene rings is 1. The topological polar surface area (TPSA) is 34.1 Å². The molecule has 3 heteroatoms. The van der Waals surface area contributed by atoms with Gasteiger partial charge in [-0.2, -0.15) is 0 Å². The summed E-state index contributed by atoms with van der Waals surface area (Å²) in [4.78, 5) is 4.14. The van der Waals surface area contributed by atoms with E-state index >= 15 is 0 Å². The molecule has 1 aromatic heterocycles. The van der Waals surface area contributed by atoms with Crippen LogP contribution in [0.5, 0.6) is 0 Å². The van der Waals surface area contributed by atoms with E-state index in [0.29, 0.717) is 12.6 Å². The minimum atomic E-state index is 0.291. The van der Waals surface area contributed by atoms with E-state index in [9.17, 15) is 0 Å². The van der Waals surface area contributed by atoms with Crippen LogP contribution in [0.4, 0.5) is 0 Å². The molecule has 0 aliphatic carbocycles. The number of hydrogen-bond acceptors (Lipinski definition) is 3. The van der Waals surface area contributed by atoms with Crippen molar-refractivity contribution < 1.29 is 4.74 Å². The van der Waals surface area contributed by atoms with Crippen LogP contribution in [-0.2, 0) is 17.9 Å². The highest BCUT2D eigenvalue weighted by Gasteiger charge is 2.04. The molecule has 1 atom stereocenters. The van der Waals surface area contributed by atoms with Crippen molar-refractivity contribution in [3.63, 3.8) is 0 Å². The number of aromatic nitrogens is 1. The molecule has 2 aromatic rings. The summed E-state index contributed by atoms with van der Waals surface area (Å²) in [5.41, 5.74) is 3.68. The van der Waals surface area contributed by atoms with E-state index in [4.69, 9.17) is 4.74 Å². The SMILES string of the molecule is COCc1cccc(CN[C@@H](C)c2cccnc2)c1. The molecule has 0 fully saturated rings. The maximum Gasteiger partial charge on any atom is 0.0713 e. The molecule has 0 unspecified atom stereocenters. The molecule has 0 aliphatic rings. The summed E-state index contributed by atoms with van der Waals surface area (Å²) in [5.74, 6) is 0. The standard InChI is InChI=1S/C16H20N2O/c1-13(16-7-4-8-17-11-16)18-10-14-5-3-6-15(9-14)12-19-2/h3-9,11,13,18H,10,12H2,1-2H3/t13-/m0/s1. The molecule has 3 nitrogen and oxygen atoms in total. The van der Waals surface area contributed by atoms with Crippen LogP contribution in [-0.4, -0.2) is 12.1 Å². The Hall–Kier alpha value is -1.71. The highest BCUT2D eigenvalue weighted by molar-refractivity contribution is 5.23. The Morgan fingerprint density at radius 3 is 2.79 bits per heavy atom. The number of rotatable bonds is 6. The summed E-state index contributed by atoms with van der Waals surface area (Å²) < 4.78 is 5.15. The molecule has 100 valence electrons. The number of ether oxygens (including phenoxy) is 1. The van der Waals surface area contributed by atoms with Gasteiger partial charge in [-0.25, -0.2) is 0 Å². The lowest BCUT2D eigenvalue weighted by atomic mass is 10.1. The minimum Gasteiger partial charge on any atom is -0.380 e. The highest BCUT2D eigenvalue weighted by atomic mass is 16.5. The van der Waals surface area contributed by atoms with Gasteiger partial charge in [-0.3, -0.25) is 4.98 Å². The Kier molecular flexibility index (Phi) is 5.07. The molecular formula is C16H20N2O. The molecule has 1 heterocycles. The first-order valence-corrected chi connectivity index (χ1v) is 6.49. The van der Waals surface area contributed by atoms with Gasteiger partial charge < -0.3 is 10.1 Å². The van der Waals surface area contributed by atoms with Crippen LogP contribution < -0.4 is 5.32 Å². The monoisotopic (exact) mass is 256 g/mol. The number of nitrogens with one attached hydrogen (secondary N) is 1. The third-order valence-corrected chi connectivity index (χ3v) is 3.10. The Labute approximate surface area is 114 Å². The summed E-state index contributed by atoms with van der Waals surface area (Å²) >= 11 is 0. The molecular weight excluding hydrogens is 236 g/mol. The number of methoxy groups -OCH3 is 1. The fourth-order valence-corrected chi connectivity index (χ4v) is 2.02. The Morgan fingerprint density at radius 1 is 1.21 bits per heavy atom. The van der Waals surface area contributed by atoms with Crippen molar-refractivity contribution in [3.8, 4) is 0 Å². The second kappa shape index (κ2) is 7.02. The summed E-state index contributed by atoms with van der Waals surface area (Å²) in [6.45, 7) is 3.65. The lowest BCUT2D eigenvalue weighted by molar-refractivity contribution is 0.185. The first-order valence-electron chi connectivity index (χ1n) is 6.49. The first-order chi connectivity index (χ1) is 9.29. The maximum absolute atomic E-state index is 5.15. The van der Waals surface area contributed by atoms with Gasteiger partial charge in [0.15, 0.2) is 0 Å². The zero-order valence-corrected chi connectivity index (χ0v) is 11.5. The predicted molar refractivity (Wildman–Crippen MR) is 76.6 cm³/mol. The zero-order valence-electron chi connectivity index (χ0n) is 11.5. The minimum absolute atomic E-state index is 0.291. The molecule has 1 N–H and O–H groups in total. The Balaban J connectivity index is 1.93. The fourth-order valence-electron chi connectivity index (χ4n) is 2.02. The highest BCUT2D eigenvalue weighted by Crippen LogP contribution is 2.12. The number of nitrogens with zero attached hydrogens (tertiary/aromatic N) is 1. The molecule has 2 rings (SSSR count). The molecule has 0 amide bonds. The second-order valence-electron chi connectivity index (χ2n) is 4.64. The zero-order chi connectivity index (χ0) is 13.5. The molecule has 0 radical (unpaired) electrons. The van der Waals surface area contributed by atoms with E-state index in [-0.39, 0.29) is 0 Å². The molecule has 0 saturated heterocycles. The van der Waals surface area contributed by atoms with Crippen molar-refractivity contribution in [3.05, 3.63) is 65.5 Å². The van der Waals surface area contributed by atoms with Crippen LogP contribution in [0.25, 0.3) is 0 Å². The molecule has 0 saturated carbocycles. The smallest absolute Gasteiger partial charge is 0.0713 e. The summed E-state index contributed by atoms with van der Waals surface area (Å²) in [5, 5.41) is 3.50. The summed E-state index contributed by atoms with van der Waals surface area (Å²) in [7, 11) is 1.72. The largest absolute Gasteiger partial charge is 0.380 e. The second-order valence-corrected chi connectivity index (χ2v) is 4.64. The molecule has 1 aromatic carbocycles. The lowest BCUT2D eigenvalue weighted by Gasteiger charge is -2.14. The average Bonchev–Trinajstić information content (AvgIpc) is 2.46. The van der Waals surface area contributed by atoms with Gasteiger partial charge in [-0.1, -0.05) is 30.3 Å². The van der Waals surface area contributed by atoms with Gasteiger partial charge in [0.1, 0.15) is 0 Å². The normalized spacial score (nSPS) is 12.3. The van der Waals surface area contributed by atoms with Gasteiger partial charge >= 0.3 is 0 Å². The quantitative estimate of drug-likeness (QED) is 0.862. The van der Waals surface area contributed by atoms with Crippen molar-refractivity contribution in [1.29, 1.82) is 0 Å². The summed E-state index contributed by atoms with van der Waals surface area (Å²) in [6, 6.07) is 12.8. The van der Waals surface area contributed by atoms with Crippen LogP contribution in [0.1, 0.15) is 29.7 Å². The van der Waals surface area contributed by atoms with Crippen LogP contribution >= 0.6 is 0 Å². The van der Waals surface area contributed by atoms with Crippen molar-refractivity contribution in [2.75, 3.05) is 7.11 Å². The molecule has 19 heavy (non-hydrogen) atoms. The van der Waals surface area contributed by atoms with E-state index in [1.165, 1.54) is 16.7 Å².